The van der Waals surface area contributed by atoms with Crippen LogP contribution < -0.4 is 15.4 Å². The number of nitrogens with zero attached hydrogens (tertiary/aromatic N) is 1. The molecule has 1 aromatic heterocycles. The maximum Gasteiger partial charge on any atom is 0.253 e. The predicted molar refractivity (Wildman–Crippen MR) is 108 cm³/mol. The highest BCUT2D eigenvalue weighted by Crippen LogP contribution is 2.28. The molecule has 0 aliphatic carbocycles. The van der Waals surface area contributed by atoms with Crippen LogP contribution in [0.5, 0.6) is 5.75 Å². The first-order chi connectivity index (χ1) is 13.0. The van der Waals surface area contributed by atoms with E-state index in [4.69, 9.17) is 16.3 Å². The van der Waals surface area contributed by atoms with Crippen LogP contribution >= 0.6 is 11.6 Å². The molecule has 5 nitrogen and oxygen atoms in total. The van der Waals surface area contributed by atoms with Crippen molar-refractivity contribution in [1.29, 1.82) is 0 Å². The maximum atomic E-state index is 12.4. The van der Waals surface area contributed by atoms with Gasteiger partial charge in [-0.15, -0.1) is 0 Å². The Morgan fingerprint density at radius 3 is 2.63 bits per heavy atom. The van der Waals surface area contributed by atoms with Gasteiger partial charge >= 0.3 is 0 Å². The van der Waals surface area contributed by atoms with Gasteiger partial charge in [0.2, 0.25) is 0 Å². The third-order valence-electron chi connectivity index (χ3n) is 4.00. The molecule has 3 rings (SSSR count). The average molecular weight is 382 g/mol. The van der Waals surface area contributed by atoms with Crippen molar-refractivity contribution in [3.63, 3.8) is 0 Å². The number of ether oxygens (including phenoxy) is 1. The Bertz CT molecular complexity index is 942. The molecule has 27 heavy (non-hydrogen) atoms. The van der Waals surface area contributed by atoms with E-state index in [9.17, 15) is 4.79 Å². The van der Waals surface area contributed by atoms with Crippen molar-refractivity contribution in [2.45, 2.75) is 13.5 Å². The van der Waals surface area contributed by atoms with Crippen molar-refractivity contribution >= 4 is 28.9 Å². The highest BCUT2D eigenvalue weighted by atomic mass is 35.5. The van der Waals surface area contributed by atoms with Gasteiger partial charge in [0.15, 0.2) is 0 Å². The van der Waals surface area contributed by atoms with Crippen molar-refractivity contribution in [3.8, 4) is 5.75 Å². The smallest absolute Gasteiger partial charge is 0.253 e. The van der Waals surface area contributed by atoms with Crippen LogP contribution in [0.25, 0.3) is 0 Å². The summed E-state index contributed by atoms with van der Waals surface area (Å²) >= 11 is 5.87. The topological polar surface area (TPSA) is 63.2 Å². The Morgan fingerprint density at radius 1 is 1.11 bits per heavy atom. The molecule has 0 saturated carbocycles. The van der Waals surface area contributed by atoms with Crippen molar-refractivity contribution in [2.75, 3.05) is 12.4 Å². The Kier molecular flexibility index (Phi) is 5.94. The van der Waals surface area contributed by atoms with Gasteiger partial charge in [-0.1, -0.05) is 29.8 Å². The summed E-state index contributed by atoms with van der Waals surface area (Å²) in [4.78, 5) is 16.6. The summed E-state index contributed by atoms with van der Waals surface area (Å²) in [6, 6.07) is 15.0. The van der Waals surface area contributed by atoms with Gasteiger partial charge in [-0.25, -0.2) is 0 Å². The van der Waals surface area contributed by atoms with E-state index in [1.165, 1.54) is 6.20 Å². The van der Waals surface area contributed by atoms with Crippen LogP contribution in [-0.4, -0.2) is 18.0 Å². The lowest BCUT2D eigenvalue weighted by molar-refractivity contribution is 0.0950. The molecule has 138 valence electrons. The van der Waals surface area contributed by atoms with Gasteiger partial charge in [-0.05, 0) is 48.4 Å². The molecule has 2 N–H and O–H groups in total. The molecule has 0 atom stereocenters. The summed E-state index contributed by atoms with van der Waals surface area (Å²) < 4.78 is 5.37. The fourth-order valence-electron chi connectivity index (χ4n) is 2.59. The fraction of sp³-hybridized carbons (Fsp3) is 0.143. The molecule has 1 heterocycles. The second-order valence-corrected chi connectivity index (χ2v) is 6.54. The Morgan fingerprint density at radius 2 is 1.89 bits per heavy atom. The number of halogens is 1. The van der Waals surface area contributed by atoms with E-state index >= 15 is 0 Å². The molecule has 1 amide bonds. The van der Waals surface area contributed by atoms with Crippen LogP contribution in [0.1, 0.15) is 21.5 Å². The summed E-state index contributed by atoms with van der Waals surface area (Å²) in [5.74, 6) is 0.524. The van der Waals surface area contributed by atoms with Crippen LogP contribution in [0.15, 0.2) is 60.9 Å². The number of carbonyl (C=O) groups is 1. The SMILES string of the molecule is COc1ccc(C)cc1Nc1cncc(C(=O)NCc2ccc(Cl)cc2)c1. The minimum atomic E-state index is -0.197. The summed E-state index contributed by atoms with van der Waals surface area (Å²) in [5.41, 5.74) is 4.07. The van der Waals surface area contributed by atoms with Gasteiger partial charge in [0.25, 0.3) is 5.91 Å². The Balaban J connectivity index is 1.70. The monoisotopic (exact) mass is 381 g/mol. The zero-order valence-corrected chi connectivity index (χ0v) is 15.9. The highest BCUT2D eigenvalue weighted by Gasteiger charge is 2.09. The second kappa shape index (κ2) is 8.56. The average Bonchev–Trinajstić information content (AvgIpc) is 2.68. The summed E-state index contributed by atoms with van der Waals surface area (Å²) in [6.45, 7) is 2.42. The number of amides is 1. The molecular formula is C21H20ClN3O2. The quantitative estimate of drug-likeness (QED) is 0.648. The molecule has 0 aliphatic rings. The standard InChI is InChI=1S/C21H20ClN3O2/c1-14-3-8-20(27-2)19(9-14)25-18-10-16(12-23-13-18)21(26)24-11-15-4-6-17(22)7-5-15/h3-10,12-13,25H,11H2,1-2H3,(H,24,26). The molecule has 0 fully saturated rings. The Labute approximate surface area is 163 Å². The number of nitrogens with one attached hydrogen (secondary N) is 2. The molecule has 0 bridgehead atoms. The van der Waals surface area contributed by atoms with E-state index in [2.05, 4.69) is 15.6 Å². The first-order valence-electron chi connectivity index (χ1n) is 8.44. The molecule has 2 aromatic carbocycles. The van der Waals surface area contributed by atoms with Crippen LogP contribution in [0.3, 0.4) is 0 Å². The molecule has 0 radical (unpaired) electrons. The molecule has 3 aromatic rings. The first-order valence-corrected chi connectivity index (χ1v) is 8.82. The van der Waals surface area contributed by atoms with E-state index in [0.717, 1.165) is 22.6 Å². The van der Waals surface area contributed by atoms with E-state index in [1.807, 2.05) is 37.3 Å². The lowest BCUT2D eigenvalue weighted by Gasteiger charge is -2.12. The van der Waals surface area contributed by atoms with Gasteiger partial charge in [0.05, 0.1) is 30.2 Å². The number of hydrogen-bond acceptors (Lipinski definition) is 4. The number of aromatic nitrogens is 1. The number of benzene rings is 2. The largest absolute Gasteiger partial charge is 0.495 e. The first kappa shape index (κ1) is 18.7. The number of methoxy groups -OCH3 is 1. The minimum absolute atomic E-state index is 0.197. The van der Waals surface area contributed by atoms with Crippen molar-refractivity contribution in [2.24, 2.45) is 0 Å². The van der Waals surface area contributed by atoms with Gasteiger partial charge in [0, 0.05) is 17.8 Å². The molecular weight excluding hydrogens is 362 g/mol. The lowest BCUT2D eigenvalue weighted by Crippen LogP contribution is -2.23. The zero-order valence-electron chi connectivity index (χ0n) is 15.1. The lowest BCUT2D eigenvalue weighted by atomic mass is 10.2. The minimum Gasteiger partial charge on any atom is -0.495 e. The summed E-state index contributed by atoms with van der Waals surface area (Å²) in [6.07, 6.45) is 3.20. The second-order valence-electron chi connectivity index (χ2n) is 6.10. The van der Waals surface area contributed by atoms with Gasteiger partial charge < -0.3 is 15.4 Å². The molecule has 6 heteroatoms. The third-order valence-corrected chi connectivity index (χ3v) is 4.25. The van der Waals surface area contributed by atoms with E-state index in [1.54, 1.807) is 31.5 Å². The Hall–Kier alpha value is -3.05. The van der Waals surface area contributed by atoms with Crippen molar-refractivity contribution in [3.05, 3.63) is 82.6 Å². The van der Waals surface area contributed by atoms with E-state index in [-0.39, 0.29) is 5.91 Å². The van der Waals surface area contributed by atoms with Crippen LogP contribution in [0.2, 0.25) is 5.02 Å². The normalized spacial score (nSPS) is 10.3. The van der Waals surface area contributed by atoms with Crippen LogP contribution in [0, 0.1) is 6.92 Å². The number of carbonyl (C=O) groups excluding carboxylic acids is 1. The van der Waals surface area contributed by atoms with Crippen LogP contribution in [0.4, 0.5) is 11.4 Å². The fourth-order valence-corrected chi connectivity index (χ4v) is 2.72. The zero-order chi connectivity index (χ0) is 19.2. The number of hydrogen-bond donors (Lipinski definition) is 2. The van der Waals surface area contributed by atoms with Gasteiger partial charge in [-0.3, -0.25) is 9.78 Å². The predicted octanol–water partition coefficient (Wildman–Crippen LogP) is 4.73. The van der Waals surface area contributed by atoms with E-state index < -0.39 is 0 Å². The molecule has 0 spiro atoms. The maximum absolute atomic E-state index is 12.4. The molecule has 0 unspecified atom stereocenters. The summed E-state index contributed by atoms with van der Waals surface area (Å²) in [5, 5.41) is 6.81. The number of pyridine rings is 1. The highest BCUT2D eigenvalue weighted by molar-refractivity contribution is 6.30. The van der Waals surface area contributed by atoms with E-state index in [0.29, 0.717) is 22.8 Å². The third kappa shape index (κ3) is 4.99. The van der Waals surface area contributed by atoms with Crippen molar-refractivity contribution < 1.29 is 9.53 Å². The van der Waals surface area contributed by atoms with Gasteiger partial charge in [-0.2, -0.15) is 0 Å². The number of rotatable bonds is 6. The summed E-state index contributed by atoms with van der Waals surface area (Å²) in [7, 11) is 1.62. The van der Waals surface area contributed by atoms with Crippen molar-refractivity contribution in [1.82, 2.24) is 10.3 Å². The molecule has 0 saturated heterocycles. The van der Waals surface area contributed by atoms with Gasteiger partial charge in [0.1, 0.15) is 5.75 Å². The number of anilines is 2. The number of aryl methyl sites for hydroxylation is 1. The molecule has 0 aliphatic heterocycles. The van der Waals surface area contributed by atoms with Crippen LogP contribution in [-0.2, 0) is 6.54 Å².